The molecule has 7 heteroatoms. The highest BCUT2D eigenvalue weighted by Gasteiger charge is 2.32. The molecule has 1 aliphatic heterocycles. The third-order valence-corrected chi connectivity index (χ3v) is 7.77. The summed E-state index contributed by atoms with van der Waals surface area (Å²) in [5.74, 6) is 0.273. The number of fused-ring (bicyclic) bond motifs is 2. The molecule has 5 rings (SSSR count). The summed E-state index contributed by atoms with van der Waals surface area (Å²) in [7, 11) is 0. The number of hydrogen-bond acceptors (Lipinski definition) is 6. The number of benzene rings is 1. The molecule has 1 aliphatic rings. The number of halogens is 1. The van der Waals surface area contributed by atoms with Crippen LogP contribution in [-0.2, 0) is 0 Å². The van der Waals surface area contributed by atoms with Gasteiger partial charge in [-0.2, -0.15) is 0 Å². The predicted octanol–water partition coefficient (Wildman–Crippen LogP) is 5.99. The second-order valence-electron chi connectivity index (χ2n) is 7.27. The molecule has 0 aliphatic carbocycles. The third kappa shape index (κ3) is 2.98. The Morgan fingerprint density at radius 1 is 1.25 bits per heavy atom. The summed E-state index contributed by atoms with van der Waals surface area (Å²) in [6.45, 7) is 6.78. The van der Waals surface area contributed by atoms with Crippen molar-refractivity contribution in [3.05, 3.63) is 46.7 Å². The summed E-state index contributed by atoms with van der Waals surface area (Å²) in [5, 5.41) is 4.34. The molecule has 4 nitrogen and oxygen atoms in total. The van der Waals surface area contributed by atoms with Gasteiger partial charge in [0.1, 0.15) is 10.6 Å². The van der Waals surface area contributed by atoms with Crippen LogP contribution in [0, 0.1) is 5.82 Å². The molecule has 1 saturated heterocycles. The number of hydrogen-bond donors (Lipinski definition) is 1. The molecule has 28 heavy (non-hydrogen) atoms. The fourth-order valence-corrected chi connectivity index (χ4v) is 6.14. The van der Waals surface area contributed by atoms with Gasteiger partial charge in [0.25, 0.3) is 0 Å². The number of thiophene rings is 1. The van der Waals surface area contributed by atoms with Crippen LogP contribution in [0.25, 0.3) is 20.4 Å². The summed E-state index contributed by atoms with van der Waals surface area (Å²) in [4.78, 5) is 13.8. The third-order valence-electron chi connectivity index (χ3n) is 5.80. The zero-order chi connectivity index (χ0) is 19.3. The highest BCUT2D eigenvalue weighted by Crippen LogP contribution is 2.41. The topological polar surface area (TPSA) is 41.0 Å². The Morgan fingerprint density at radius 3 is 2.96 bits per heavy atom. The van der Waals surface area contributed by atoms with Gasteiger partial charge in [-0.1, -0.05) is 6.92 Å². The second-order valence-corrected chi connectivity index (χ2v) is 9.22. The summed E-state index contributed by atoms with van der Waals surface area (Å²) >= 11 is 3.21. The number of likely N-dealkylation sites (tertiary alicyclic amines) is 1. The lowest BCUT2D eigenvalue weighted by molar-refractivity contribution is 0.274. The summed E-state index contributed by atoms with van der Waals surface area (Å²) in [6.07, 6.45) is 2.97. The summed E-state index contributed by atoms with van der Waals surface area (Å²) in [6, 6.07) is 8.03. The van der Waals surface area contributed by atoms with Gasteiger partial charge < -0.3 is 10.2 Å². The minimum absolute atomic E-state index is 0.264. The van der Waals surface area contributed by atoms with Crippen molar-refractivity contribution in [2.75, 3.05) is 18.4 Å². The molecule has 0 bridgehead atoms. The minimum Gasteiger partial charge on any atom is -0.352 e. The van der Waals surface area contributed by atoms with Crippen LogP contribution in [0.15, 0.2) is 36.0 Å². The van der Waals surface area contributed by atoms with Crippen molar-refractivity contribution in [2.24, 2.45) is 0 Å². The van der Waals surface area contributed by atoms with Gasteiger partial charge >= 0.3 is 0 Å². The first-order valence-electron chi connectivity index (χ1n) is 9.56. The van der Waals surface area contributed by atoms with Crippen LogP contribution in [0.2, 0.25) is 0 Å². The molecule has 4 heterocycles. The average molecular weight is 413 g/mol. The zero-order valence-corrected chi connectivity index (χ0v) is 17.4. The molecular formula is C21H21FN4S2. The van der Waals surface area contributed by atoms with Gasteiger partial charge in [0.2, 0.25) is 0 Å². The first-order valence-corrected chi connectivity index (χ1v) is 11.3. The zero-order valence-electron chi connectivity index (χ0n) is 15.8. The number of nitrogens with zero attached hydrogens (tertiary/aromatic N) is 3. The number of likely N-dealkylation sites (N-methyl/N-ethyl adjacent to an activating group) is 1. The first-order chi connectivity index (χ1) is 13.6. The Kier molecular flexibility index (Phi) is 4.53. The van der Waals surface area contributed by atoms with Gasteiger partial charge in [-0.15, -0.1) is 22.7 Å². The number of pyridine rings is 1. The maximum Gasteiger partial charge on any atom is 0.148 e. The number of thiazole rings is 1. The lowest BCUT2D eigenvalue weighted by atomic mass is 9.99. The lowest BCUT2D eigenvalue weighted by Crippen LogP contribution is -2.28. The highest BCUT2D eigenvalue weighted by atomic mass is 32.1. The molecule has 144 valence electrons. The van der Waals surface area contributed by atoms with Gasteiger partial charge in [0.15, 0.2) is 0 Å². The van der Waals surface area contributed by atoms with Crippen LogP contribution in [0.4, 0.5) is 15.8 Å². The highest BCUT2D eigenvalue weighted by molar-refractivity contribution is 7.18. The van der Waals surface area contributed by atoms with Crippen LogP contribution in [0.3, 0.4) is 0 Å². The van der Waals surface area contributed by atoms with E-state index < -0.39 is 0 Å². The number of nitrogens with one attached hydrogen (secondary N) is 1. The van der Waals surface area contributed by atoms with Gasteiger partial charge in [-0.25, -0.2) is 14.4 Å². The van der Waals surface area contributed by atoms with E-state index in [2.05, 4.69) is 40.1 Å². The van der Waals surface area contributed by atoms with E-state index in [0.29, 0.717) is 17.6 Å². The number of rotatable bonds is 4. The molecule has 0 spiro atoms. The summed E-state index contributed by atoms with van der Waals surface area (Å²) < 4.78 is 15.4. The van der Waals surface area contributed by atoms with E-state index in [1.54, 1.807) is 35.2 Å². The number of anilines is 2. The van der Waals surface area contributed by atoms with Crippen molar-refractivity contribution >= 4 is 54.5 Å². The SMILES string of the molecule is CCN1CCC(c2cc3c(Nc4cc5ncsc5cc4F)ccnc3s2)C1C. The average Bonchev–Trinajstić information content (AvgIpc) is 3.39. The fraction of sp³-hybridized carbons (Fsp3) is 0.333. The Hall–Kier alpha value is -2.09. The number of aromatic nitrogens is 2. The van der Waals surface area contributed by atoms with Crippen molar-refractivity contribution in [1.82, 2.24) is 14.9 Å². The molecule has 0 saturated carbocycles. The normalized spacial score (nSPS) is 20.4. The quantitative estimate of drug-likeness (QED) is 0.447. The molecule has 2 atom stereocenters. The molecule has 3 aromatic heterocycles. The molecule has 1 fully saturated rings. The van der Waals surface area contributed by atoms with Crippen molar-refractivity contribution in [2.45, 2.75) is 32.2 Å². The molecule has 1 N–H and O–H groups in total. The van der Waals surface area contributed by atoms with Crippen molar-refractivity contribution < 1.29 is 4.39 Å². The Morgan fingerprint density at radius 2 is 2.14 bits per heavy atom. The standard InChI is InChI=1S/C21H21FN4S2/c1-3-26-7-5-13(12(26)2)19-8-14-16(4-6-23-21(14)28-19)25-17-10-18-20(9-15(17)22)27-11-24-18/h4,6,8-13H,3,5,7H2,1-2H3,(H,23,25). The van der Waals surface area contributed by atoms with Crippen LogP contribution in [-0.4, -0.2) is 34.0 Å². The molecular weight excluding hydrogens is 391 g/mol. The van der Waals surface area contributed by atoms with E-state index in [9.17, 15) is 4.39 Å². The van der Waals surface area contributed by atoms with Crippen molar-refractivity contribution in [3.8, 4) is 0 Å². The van der Waals surface area contributed by atoms with Crippen LogP contribution in [0.1, 0.15) is 31.1 Å². The fourth-order valence-electron chi connectivity index (χ4n) is 4.20. The van der Waals surface area contributed by atoms with E-state index in [1.807, 2.05) is 6.07 Å². The lowest BCUT2D eigenvalue weighted by Gasteiger charge is -2.22. The molecule has 0 radical (unpaired) electrons. The minimum atomic E-state index is -0.264. The van der Waals surface area contributed by atoms with Crippen LogP contribution < -0.4 is 5.32 Å². The second kappa shape index (κ2) is 7.06. The first kappa shape index (κ1) is 18.0. The van der Waals surface area contributed by atoms with Gasteiger partial charge in [-0.05, 0) is 50.7 Å². The Labute approximate surface area is 171 Å². The van der Waals surface area contributed by atoms with E-state index in [1.165, 1.54) is 22.6 Å². The molecule has 0 amide bonds. The van der Waals surface area contributed by atoms with Crippen molar-refractivity contribution in [1.29, 1.82) is 0 Å². The van der Waals surface area contributed by atoms with E-state index in [0.717, 1.165) is 39.2 Å². The Balaban J connectivity index is 1.51. The smallest absolute Gasteiger partial charge is 0.148 e. The van der Waals surface area contributed by atoms with Gasteiger partial charge in [0, 0.05) is 28.4 Å². The summed E-state index contributed by atoms with van der Waals surface area (Å²) in [5.41, 5.74) is 3.89. The Bertz CT molecular complexity index is 1150. The van der Waals surface area contributed by atoms with Crippen LogP contribution in [0.5, 0.6) is 0 Å². The van der Waals surface area contributed by atoms with Crippen LogP contribution >= 0.6 is 22.7 Å². The van der Waals surface area contributed by atoms with Gasteiger partial charge in [-0.3, -0.25) is 0 Å². The predicted molar refractivity (Wildman–Crippen MR) is 117 cm³/mol. The largest absolute Gasteiger partial charge is 0.352 e. The molecule has 2 unspecified atom stereocenters. The molecule has 1 aromatic carbocycles. The van der Waals surface area contributed by atoms with E-state index in [4.69, 9.17) is 0 Å². The monoisotopic (exact) mass is 412 g/mol. The van der Waals surface area contributed by atoms with E-state index in [-0.39, 0.29) is 5.82 Å². The maximum absolute atomic E-state index is 14.6. The maximum atomic E-state index is 14.6. The van der Waals surface area contributed by atoms with Gasteiger partial charge in [0.05, 0.1) is 27.1 Å². The molecule has 4 aromatic rings. The van der Waals surface area contributed by atoms with E-state index >= 15 is 0 Å². The van der Waals surface area contributed by atoms with Crippen molar-refractivity contribution in [3.63, 3.8) is 0 Å².